The highest BCUT2D eigenvalue weighted by Crippen LogP contribution is 2.42. The summed E-state index contributed by atoms with van der Waals surface area (Å²) in [6.07, 6.45) is 16.6. The van der Waals surface area contributed by atoms with E-state index in [9.17, 15) is 0 Å². The third kappa shape index (κ3) is 7.21. The maximum Gasteiger partial charge on any atom is 0.0585 e. The number of anilines is 5. The molecule has 0 saturated heterocycles. The molecule has 4 nitrogen and oxygen atoms in total. The van der Waals surface area contributed by atoms with Crippen LogP contribution >= 0.6 is 0 Å². The van der Waals surface area contributed by atoms with Gasteiger partial charge in [0.15, 0.2) is 0 Å². The Hall–Kier alpha value is -8.08. The van der Waals surface area contributed by atoms with E-state index in [1.54, 1.807) is 0 Å². The molecule has 0 fully saturated rings. The second-order valence-electron chi connectivity index (χ2n) is 17.2. The predicted octanol–water partition coefficient (Wildman–Crippen LogP) is 17.1. The lowest BCUT2D eigenvalue weighted by Crippen LogP contribution is -2.35. The van der Waals surface area contributed by atoms with Crippen LogP contribution in [0, 0.1) is 5.92 Å². The molecule has 4 heteroatoms. The van der Waals surface area contributed by atoms with Crippen LogP contribution in [0.3, 0.4) is 0 Å². The minimum Gasteiger partial charge on any atom is -0.334 e. The molecule has 2 unspecified atom stereocenters. The van der Waals surface area contributed by atoms with Crippen LogP contribution in [-0.4, -0.2) is 15.2 Å². The van der Waals surface area contributed by atoms with E-state index in [1.807, 2.05) is 0 Å². The molecule has 8 aromatic carbocycles. The summed E-state index contributed by atoms with van der Waals surface area (Å²) in [5.41, 5.74) is 15.1. The zero-order chi connectivity index (χ0) is 44.6. The number of hydrogen-bond donors (Lipinski definition) is 0. The van der Waals surface area contributed by atoms with Gasteiger partial charge in [-0.1, -0.05) is 159 Å². The van der Waals surface area contributed by atoms with Crippen molar-refractivity contribution >= 4 is 77.7 Å². The van der Waals surface area contributed by atoms with Crippen LogP contribution in [-0.2, 0) is 0 Å². The first kappa shape index (κ1) is 40.7. The van der Waals surface area contributed by atoms with Crippen molar-refractivity contribution in [1.29, 1.82) is 0 Å². The van der Waals surface area contributed by atoms with Crippen molar-refractivity contribution in [3.8, 4) is 16.8 Å². The van der Waals surface area contributed by atoms with Crippen molar-refractivity contribution in [3.05, 3.63) is 237 Å². The maximum atomic E-state index is 2.51. The quantitative estimate of drug-likeness (QED) is 0.121. The van der Waals surface area contributed by atoms with Gasteiger partial charge in [0, 0.05) is 61.4 Å². The van der Waals surface area contributed by atoms with E-state index in [1.165, 1.54) is 60.4 Å². The molecule has 1 aliphatic rings. The summed E-state index contributed by atoms with van der Waals surface area (Å²) < 4.78 is 4.82. The van der Waals surface area contributed by atoms with Gasteiger partial charge in [-0.05, 0) is 121 Å². The highest BCUT2D eigenvalue weighted by atomic mass is 15.2. The Balaban J connectivity index is 0.966. The molecule has 66 heavy (non-hydrogen) atoms. The highest BCUT2D eigenvalue weighted by molar-refractivity contribution is 6.12. The number of hydrogen-bond acceptors (Lipinski definition) is 2. The van der Waals surface area contributed by atoms with Gasteiger partial charge in [-0.15, -0.1) is 0 Å². The molecule has 0 saturated carbocycles. The summed E-state index contributed by atoms with van der Waals surface area (Å²) >= 11 is 0. The van der Waals surface area contributed by atoms with Gasteiger partial charge in [0.1, 0.15) is 0 Å². The van der Waals surface area contributed by atoms with Crippen LogP contribution in [0.5, 0.6) is 0 Å². The van der Waals surface area contributed by atoms with E-state index in [0.717, 1.165) is 40.5 Å². The summed E-state index contributed by atoms with van der Waals surface area (Å²) in [6.45, 7) is 6.61. The number of aromatic nitrogens is 2. The molecule has 1 aliphatic carbocycles. The smallest absolute Gasteiger partial charge is 0.0585 e. The van der Waals surface area contributed by atoms with Crippen molar-refractivity contribution in [2.45, 2.75) is 33.2 Å². The fourth-order valence-electron chi connectivity index (χ4n) is 10.1. The molecule has 10 aromatic rings. The summed E-state index contributed by atoms with van der Waals surface area (Å²) in [4.78, 5) is 4.88. The Morgan fingerprint density at radius 1 is 0.500 bits per heavy atom. The van der Waals surface area contributed by atoms with Crippen LogP contribution in [0.4, 0.5) is 28.4 Å². The molecule has 0 aliphatic heterocycles. The zero-order valence-corrected chi connectivity index (χ0v) is 37.7. The van der Waals surface area contributed by atoms with Gasteiger partial charge in [-0.2, -0.15) is 0 Å². The zero-order valence-electron chi connectivity index (χ0n) is 37.7. The second kappa shape index (κ2) is 17.5. The molecular weight excluding hydrogens is 801 g/mol. The summed E-state index contributed by atoms with van der Waals surface area (Å²) in [5.74, 6) is 0.317. The lowest BCUT2D eigenvalue weighted by Gasteiger charge is -2.36. The Labute approximate surface area is 387 Å². The Bertz CT molecular complexity index is 3480. The van der Waals surface area contributed by atoms with Crippen LogP contribution in [0.25, 0.3) is 66.1 Å². The van der Waals surface area contributed by atoms with Gasteiger partial charge in [-0.3, -0.25) is 0 Å². The van der Waals surface area contributed by atoms with E-state index in [4.69, 9.17) is 0 Å². The fourth-order valence-corrected chi connectivity index (χ4v) is 10.1. The average Bonchev–Trinajstić information content (AvgIpc) is 3.88. The number of para-hydroxylation sites is 4. The van der Waals surface area contributed by atoms with Gasteiger partial charge < -0.3 is 18.9 Å². The van der Waals surface area contributed by atoms with Crippen molar-refractivity contribution < 1.29 is 0 Å². The molecule has 2 heterocycles. The first-order valence-electron chi connectivity index (χ1n) is 23.2. The van der Waals surface area contributed by atoms with Gasteiger partial charge in [0.25, 0.3) is 0 Å². The van der Waals surface area contributed by atoms with E-state index in [2.05, 4.69) is 276 Å². The molecule has 0 bridgehead atoms. The molecule has 11 rings (SSSR count). The Morgan fingerprint density at radius 2 is 1.03 bits per heavy atom. The molecule has 0 amide bonds. The van der Waals surface area contributed by atoms with Crippen molar-refractivity contribution in [3.63, 3.8) is 0 Å². The third-order valence-electron chi connectivity index (χ3n) is 13.2. The lowest BCUT2D eigenvalue weighted by atomic mass is 9.94. The first-order valence-corrected chi connectivity index (χ1v) is 23.2. The average molecular weight is 853 g/mol. The standard InChI is InChI=1S/C62H52N4/c1-4-18-47(19-5-2)65-59-28-16-13-25-54(59)56-40-38-52(42-61(56)65)63(48-21-8-6-9-22-48)50-34-30-45(31-35-50)46-32-36-51(37-33-46)64(58-27-15-12-20-44(58)3)53-39-41-57-55-26-14-17-29-60(55)66(62(57)43-53)49-23-10-7-11-24-49/h4,6-44,58H,5H2,1-3H3/b18-4-,47-19+. The van der Waals surface area contributed by atoms with E-state index in [0.29, 0.717) is 5.92 Å². The van der Waals surface area contributed by atoms with Gasteiger partial charge in [-0.25, -0.2) is 0 Å². The summed E-state index contributed by atoms with van der Waals surface area (Å²) in [7, 11) is 0. The maximum absolute atomic E-state index is 2.51. The number of allylic oxidation sites excluding steroid dienone is 6. The van der Waals surface area contributed by atoms with Crippen LogP contribution in [0.1, 0.15) is 27.2 Å². The van der Waals surface area contributed by atoms with Gasteiger partial charge in [0.2, 0.25) is 0 Å². The Kier molecular flexibility index (Phi) is 10.8. The predicted molar refractivity (Wildman–Crippen MR) is 283 cm³/mol. The minimum absolute atomic E-state index is 0.147. The van der Waals surface area contributed by atoms with E-state index < -0.39 is 0 Å². The molecule has 2 atom stereocenters. The monoisotopic (exact) mass is 852 g/mol. The Morgan fingerprint density at radius 3 is 1.71 bits per heavy atom. The molecule has 0 radical (unpaired) electrons. The summed E-state index contributed by atoms with van der Waals surface area (Å²) in [6, 6.07) is 71.1. The molecule has 0 N–H and O–H groups in total. The normalized spacial score (nSPS) is 15.2. The van der Waals surface area contributed by atoms with Crippen molar-refractivity contribution in [2.75, 3.05) is 9.80 Å². The van der Waals surface area contributed by atoms with Crippen LogP contribution < -0.4 is 9.80 Å². The lowest BCUT2D eigenvalue weighted by molar-refractivity contribution is 0.609. The number of nitrogens with zero attached hydrogens (tertiary/aromatic N) is 4. The number of fused-ring (bicyclic) bond motifs is 6. The van der Waals surface area contributed by atoms with Gasteiger partial charge in [0.05, 0.1) is 28.1 Å². The van der Waals surface area contributed by atoms with Gasteiger partial charge >= 0.3 is 0 Å². The summed E-state index contributed by atoms with van der Waals surface area (Å²) in [5, 5.41) is 5.01. The highest BCUT2D eigenvalue weighted by Gasteiger charge is 2.26. The van der Waals surface area contributed by atoms with E-state index in [-0.39, 0.29) is 6.04 Å². The second-order valence-corrected chi connectivity index (χ2v) is 17.2. The molecule has 2 aromatic heterocycles. The topological polar surface area (TPSA) is 16.3 Å². The van der Waals surface area contributed by atoms with Crippen LogP contribution in [0.15, 0.2) is 237 Å². The van der Waals surface area contributed by atoms with Crippen LogP contribution in [0.2, 0.25) is 0 Å². The first-order chi connectivity index (χ1) is 32.6. The third-order valence-corrected chi connectivity index (χ3v) is 13.2. The van der Waals surface area contributed by atoms with Crippen molar-refractivity contribution in [2.24, 2.45) is 5.92 Å². The SMILES string of the molecule is C/C=C\C(=C/CC)n1c2ccccc2c2ccc(N(c3ccccc3)c3ccc(-c4ccc(N(c5ccc6c7ccccc7n(-c7ccccc7)c6c5)C5C=CC=CC5C)cc4)cc3)cc21. The fraction of sp³-hybridized carbons (Fsp3) is 0.0968. The largest absolute Gasteiger partial charge is 0.334 e. The van der Waals surface area contributed by atoms with Crippen molar-refractivity contribution in [1.82, 2.24) is 9.13 Å². The van der Waals surface area contributed by atoms with E-state index >= 15 is 0 Å². The molecular formula is C62H52N4. The minimum atomic E-state index is 0.147. The molecule has 320 valence electrons. The number of rotatable bonds is 11. The number of benzene rings is 8. The molecule has 0 spiro atoms.